The minimum Gasteiger partial charge on any atom is -0.334 e. The number of nitrogens with two attached hydrogens (primary N) is 1. The Morgan fingerprint density at radius 3 is 3.05 bits per heavy atom. The lowest BCUT2D eigenvalue weighted by atomic mass is 10.2. The number of thioether (sulfide) groups is 1. The molecule has 2 heterocycles. The van der Waals surface area contributed by atoms with Gasteiger partial charge in [0.2, 0.25) is 11.1 Å². The molecule has 1 aliphatic heterocycles. The number of benzene rings is 1. The molecule has 0 saturated heterocycles. The molecule has 1 aromatic heterocycles. The molecule has 0 unspecified atom stereocenters. The van der Waals surface area contributed by atoms with Crippen LogP contribution in [0.5, 0.6) is 0 Å². The highest BCUT2D eigenvalue weighted by molar-refractivity contribution is 7.99. The second kappa shape index (κ2) is 5.57. The molecular formula is C13H13N5O2S. The molecule has 0 bridgehead atoms. The van der Waals surface area contributed by atoms with Crippen molar-refractivity contribution in [2.75, 3.05) is 23.0 Å². The van der Waals surface area contributed by atoms with Crippen LogP contribution in [0.3, 0.4) is 0 Å². The van der Waals surface area contributed by atoms with Gasteiger partial charge in [-0.2, -0.15) is 9.77 Å². The van der Waals surface area contributed by atoms with Crippen molar-refractivity contribution in [1.82, 2.24) is 14.9 Å². The number of amides is 1. The lowest BCUT2D eigenvalue weighted by Gasteiger charge is -2.16. The summed E-state index contributed by atoms with van der Waals surface area (Å²) in [6, 6.07) is 7.84. The van der Waals surface area contributed by atoms with Gasteiger partial charge in [0.05, 0.1) is 5.75 Å². The molecule has 7 nitrogen and oxygen atoms in total. The van der Waals surface area contributed by atoms with Gasteiger partial charge in [-0.25, -0.2) is 0 Å². The monoisotopic (exact) mass is 303 g/mol. The minimum absolute atomic E-state index is 0.0388. The Morgan fingerprint density at radius 1 is 1.38 bits per heavy atom. The summed E-state index contributed by atoms with van der Waals surface area (Å²) in [5.74, 6) is 5.67. The highest BCUT2D eigenvalue weighted by Crippen LogP contribution is 2.28. The van der Waals surface area contributed by atoms with Crippen molar-refractivity contribution in [1.29, 1.82) is 0 Å². The van der Waals surface area contributed by atoms with Gasteiger partial charge in [-0.3, -0.25) is 9.59 Å². The van der Waals surface area contributed by atoms with Gasteiger partial charge in [0.25, 0.3) is 5.56 Å². The predicted molar refractivity (Wildman–Crippen MR) is 79.7 cm³/mol. The number of anilines is 1. The highest BCUT2D eigenvalue weighted by Gasteiger charge is 2.24. The average Bonchev–Trinajstić information content (AvgIpc) is 2.92. The predicted octanol–water partition coefficient (Wildman–Crippen LogP) is 0.0335. The zero-order valence-electron chi connectivity index (χ0n) is 11.1. The van der Waals surface area contributed by atoms with E-state index >= 15 is 0 Å². The van der Waals surface area contributed by atoms with Crippen LogP contribution in [-0.2, 0) is 11.2 Å². The van der Waals surface area contributed by atoms with Crippen molar-refractivity contribution in [3.8, 4) is 0 Å². The Morgan fingerprint density at radius 2 is 2.19 bits per heavy atom. The van der Waals surface area contributed by atoms with Gasteiger partial charge in [-0.05, 0) is 18.1 Å². The summed E-state index contributed by atoms with van der Waals surface area (Å²) in [6.45, 7) is 0.675. The van der Waals surface area contributed by atoms with E-state index in [1.165, 1.54) is 5.56 Å². The number of nitrogens with zero attached hydrogens (tertiary/aromatic N) is 4. The molecule has 0 spiro atoms. The first-order chi connectivity index (χ1) is 10.2. The summed E-state index contributed by atoms with van der Waals surface area (Å²) in [5, 5.41) is 7.53. The van der Waals surface area contributed by atoms with Crippen LogP contribution in [0, 0.1) is 0 Å². The Kier molecular flexibility index (Phi) is 3.61. The standard InChI is InChI=1S/C13H13N5O2S/c14-18-11(19)7-15-16-13(18)21-8-12(20)17-6-5-9-3-1-2-4-10(9)17/h1-4,7H,5-6,8,14H2. The third-order valence-corrected chi connectivity index (χ3v) is 4.20. The first kappa shape index (κ1) is 13.6. The first-order valence-corrected chi connectivity index (χ1v) is 7.36. The van der Waals surface area contributed by atoms with E-state index in [2.05, 4.69) is 10.2 Å². The van der Waals surface area contributed by atoms with E-state index < -0.39 is 5.56 Å². The third kappa shape index (κ3) is 2.62. The zero-order chi connectivity index (χ0) is 14.8. The number of rotatable bonds is 3. The quantitative estimate of drug-likeness (QED) is 0.635. The summed E-state index contributed by atoms with van der Waals surface area (Å²) >= 11 is 1.10. The maximum absolute atomic E-state index is 12.3. The van der Waals surface area contributed by atoms with E-state index in [-0.39, 0.29) is 16.8 Å². The van der Waals surface area contributed by atoms with Gasteiger partial charge in [-0.15, -0.1) is 5.10 Å². The Labute approximate surface area is 124 Å². The number of hydrogen-bond acceptors (Lipinski definition) is 6. The van der Waals surface area contributed by atoms with Crippen LogP contribution >= 0.6 is 11.8 Å². The van der Waals surface area contributed by atoms with Gasteiger partial charge in [0, 0.05) is 12.2 Å². The Hall–Kier alpha value is -2.35. The van der Waals surface area contributed by atoms with Gasteiger partial charge < -0.3 is 10.7 Å². The number of para-hydroxylation sites is 1. The van der Waals surface area contributed by atoms with Gasteiger partial charge in [-0.1, -0.05) is 30.0 Å². The molecule has 1 aliphatic rings. The van der Waals surface area contributed by atoms with Gasteiger partial charge in [0.1, 0.15) is 6.20 Å². The SMILES string of the molecule is Nn1c(SCC(=O)N2CCc3ccccc32)nncc1=O. The number of carbonyl (C=O) groups is 1. The van der Waals surface area contributed by atoms with Gasteiger partial charge >= 0.3 is 0 Å². The van der Waals surface area contributed by atoms with E-state index in [1.807, 2.05) is 24.3 Å². The van der Waals surface area contributed by atoms with Crippen molar-refractivity contribution >= 4 is 23.4 Å². The molecule has 1 amide bonds. The molecule has 1 aromatic carbocycles. The topological polar surface area (TPSA) is 94.1 Å². The molecule has 8 heteroatoms. The summed E-state index contributed by atoms with van der Waals surface area (Å²) in [5.41, 5.74) is 1.67. The van der Waals surface area contributed by atoms with Crippen LogP contribution in [0.4, 0.5) is 5.69 Å². The fourth-order valence-electron chi connectivity index (χ4n) is 2.23. The van der Waals surface area contributed by atoms with Crippen molar-refractivity contribution in [3.63, 3.8) is 0 Å². The lowest BCUT2D eigenvalue weighted by Crippen LogP contribution is -2.32. The highest BCUT2D eigenvalue weighted by atomic mass is 32.2. The first-order valence-electron chi connectivity index (χ1n) is 6.37. The smallest absolute Gasteiger partial charge is 0.291 e. The van der Waals surface area contributed by atoms with E-state index in [0.29, 0.717) is 6.54 Å². The Balaban J connectivity index is 1.71. The molecular weight excluding hydrogens is 290 g/mol. The number of carbonyl (C=O) groups excluding carboxylic acids is 1. The van der Waals surface area contributed by atoms with Crippen molar-refractivity contribution < 1.29 is 4.79 Å². The molecule has 0 atom stereocenters. The number of hydrogen-bond donors (Lipinski definition) is 1. The third-order valence-electron chi connectivity index (χ3n) is 3.27. The van der Waals surface area contributed by atoms with Gasteiger partial charge in [0.15, 0.2) is 0 Å². The fourth-order valence-corrected chi connectivity index (χ4v) is 2.97. The normalized spacial score (nSPS) is 13.2. The molecule has 2 aromatic rings. The van der Waals surface area contributed by atoms with Crippen LogP contribution in [-0.4, -0.2) is 33.1 Å². The minimum atomic E-state index is -0.452. The van der Waals surface area contributed by atoms with Crippen LogP contribution in [0.1, 0.15) is 5.56 Å². The molecule has 0 radical (unpaired) electrons. The summed E-state index contributed by atoms with van der Waals surface area (Å²) in [6.07, 6.45) is 1.89. The molecule has 2 N–H and O–H groups in total. The van der Waals surface area contributed by atoms with Crippen LogP contribution in [0.2, 0.25) is 0 Å². The van der Waals surface area contributed by atoms with Crippen LogP contribution in [0.15, 0.2) is 40.4 Å². The van der Waals surface area contributed by atoms with Crippen molar-refractivity contribution in [2.45, 2.75) is 11.6 Å². The van der Waals surface area contributed by atoms with Crippen molar-refractivity contribution in [3.05, 3.63) is 46.4 Å². The molecule has 3 rings (SSSR count). The summed E-state index contributed by atoms with van der Waals surface area (Å²) in [4.78, 5) is 25.4. The second-order valence-electron chi connectivity index (χ2n) is 4.55. The lowest BCUT2D eigenvalue weighted by molar-refractivity contribution is -0.116. The molecule has 0 aliphatic carbocycles. The van der Waals surface area contributed by atoms with E-state index in [9.17, 15) is 9.59 Å². The number of fused-ring (bicyclic) bond motifs is 1. The molecule has 108 valence electrons. The fraction of sp³-hybridized carbons (Fsp3) is 0.231. The summed E-state index contributed by atoms with van der Waals surface area (Å²) < 4.78 is 0.892. The number of nitrogen functional groups attached to an aromatic ring is 1. The maximum atomic E-state index is 12.3. The Bertz CT molecular complexity index is 745. The average molecular weight is 303 g/mol. The molecule has 21 heavy (non-hydrogen) atoms. The summed E-state index contributed by atoms with van der Waals surface area (Å²) in [7, 11) is 0. The molecule has 0 saturated carbocycles. The van der Waals surface area contributed by atoms with E-state index in [0.717, 1.165) is 34.7 Å². The van der Waals surface area contributed by atoms with Crippen molar-refractivity contribution in [2.24, 2.45) is 0 Å². The second-order valence-corrected chi connectivity index (χ2v) is 5.49. The largest absolute Gasteiger partial charge is 0.334 e. The van der Waals surface area contributed by atoms with Crippen LogP contribution in [0.25, 0.3) is 0 Å². The maximum Gasteiger partial charge on any atom is 0.291 e. The number of aromatic nitrogens is 3. The van der Waals surface area contributed by atoms with Crippen LogP contribution < -0.4 is 16.3 Å². The van der Waals surface area contributed by atoms with E-state index in [4.69, 9.17) is 5.84 Å². The molecule has 0 fully saturated rings. The van der Waals surface area contributed by atoms with E-state index in [1.54, 1.807) is 4.90 Å². The zero-order valence-corrected chi connectivity index (χ0v) is 11.9.